The van der Waals surface area contributed by atoms with E-state index in [1.54, 1.807) is 0 Å². The van der Waals surface area contributed by atoms with Gasteiger partial charge in [0.1, 0.15) is 0 Å². The van der Waals surface area contributed by atoms with Crippen LogP contribution in [0.5, 0.6) is 0 Å². The molecule has 0 aliphatic heterocycles. The van der Waals surface area contributed by atoms with Crippen LogP contribution < -0.4 is 0 Å². The fraction of sp³-hybridized carbons (Fsp3) is 0.273. The molecular weight excluding hydrogens is 289 g/mol. The van der Waals surface area contributed by atoms with Crippen molar-refractivity contribution in [1.82, 2.24) is 0 Å². The summed E-state index contributed by atoms with van der Waals surface area (Å²) in [7, 11) is 18.6. The number of halogens is 3. The van der Waals surface area contributed by atoms with Crippen molar-refractivity contribution in [3.63, 3.8) is 0 Å². The molecule has 1 aromatic carbocycles. The Balaban J connectivity index is 2.51. The topological polar surface area (TPSA) is 0 Å². The first-order chi connectivity index (χ1) is 7.04. The first-order valence-electron chi connectivity index (χ1n) is 4.81. The van der Waals surface area contributed by atoms with Crippen LogP contribution in [0, 0.1) is 0 Å². The zero-order chi connectivity index (χ0) is 11.1. The molecule has 1 aliphatic carbocycles. The van der Waals surface area contributed by atoms with E-state index in [9.17, 15) is 0 Å². The third-order valence-corrected chi connectivity index (χ3v) is 6.96. The fourth-order valence-electron chi connectivity index (χ4n) is 2.01. The van der Waals surface area contributed by atoms with E-state index in [0.717, 1.165) is 6.42 Å². The van der Waals surface area contributed by atoms with Crippen molar-refractivity contribution >= 4 is 35.6 Å². The quantitative estimate of drug-likeness (QED) is 0.708. The molecule has 4 heteroatoms. The normalized spacial score (nSPS) is 20.0. The minimum absolute atomic E-state index is 0.0781. The Morgan fingerprint density at radius 3 is 2.47 bits per heavy atom. The molecule has 0 amide bonds. The predicted octanol–water partition coefficient (Wildman–Crippen LogP) is 5.15. The van der Waals surface area contributed by atoms with E-state index < -0.39 is 11.2 Å². The Kier molecular flexibility index (Phi) is 3.45. The summed E-state index contributed by atoms with van der Waals surface area (Å²) in [6.07, 6.45) is 3.12. The van der Waals surface area contributed by atoms with E-state index in [4.69, 9.17) is 29.5 Å². The van der Waals surface area contributed by atoms with Crippen LogP contribution in [0.3, 0.4) is 0 Å². The number of allylic oxidation sites excluding steroid dienone is 1. The van der Waals surface area contributed by atoms with Gasteiger partial charge in [-0.3, -0.25) is 0 Å². The van der Waals surface area contributed by atoms with Gasteiger partial charge in [0.05, 0.1) is 0 Å². The molecule has 1 atom stereocenters. The van der Waals surface area contributed by atoms with Crippen molar-refractivity contribution in [2.75, 3.05) is 0 Å². The Labute approximate surface area is 105 Å². The number of fused-ring (bicyclic) bond motifs is 1. The van der Waals surface area contributed by atoms with Gasteiger partial charge in [0.15, 0.2) is 0 Å². The molecule has 1 aromatic rings. The molecule has 0 saturated carbocycles. The van der Waals surface area contributed by atoms with Crippen molar-refractivity contribution in [3.05, 3.63) is 41.0 Å². The number of hydrogen-bond donors (Lipinski definition) is 0. The third kappa shape index (κ3) is 2.25. The van der Waals surface area contributed by atoms with Crippen LogP contribution in [0.4, 0.5) is 0 Å². The first-order valence-corrected chi connectivity index (χ1v) is 11.4. The Hall–Kier alpha value is 0.414. The van der Waals surface area contributed by atoms with Crippen LogP contribution in [-0.4, -0.2) is 0 Å². The molecule has 0 fully saturated rings. The summed E-state index contributed by atoms with van der Waals surface area (Å²) in [6, 6.07) is 8.19. The minimum atomic E-state index is -3.06. The van der Waals surface area contributed by atoms with Crippen molar-refractivity contribution < 1.29 is 11.2 Å². The van der Waals surface area contributed by atoms with E-state index in [1.165, 1.54) is 16.7 Å². The van der Waals surface area contributed by atoms with Crippen LogP contribution in [0.15, 0.2) is 29.8 Å². The fourth-order valence-corrected chi connectivity index (χ4v) is 6.71. The first kappa shape index (κ1) is 11.9. The molecule has 0 aromatic heterocycles. The average Bonchev–Trinajstić information content (AvgIpc) is 2.54. The van der Waals surface area contributed by atoms with Crippen LogP contribution in [-0.2, 0) is 11.2 Å². The van der Waals surface area contributed by atoms with Crippen LogP contribution in [0.25, 0.3) is 6.08 Å². The Bertz CT molecular complexity index is 407. The molecule has 15 heavy (non-hydrogen) atoms. The molecule has 2 rings (SSSR count). The molecule has 0 saturated heterocycles. The van der Waals surface area contributed by atoms with E-state index >= 15 is 0 Å². The molecule has 1 aliphatic rings. The maximum absolute atomic E-state index is 6.20. The molecule has 0 spiro atoms. The Morgan fingerprint density at radius 2 is 1.87 bits per heavy atom. The summed E-state index contributed by atoms with van der Waals surface area (Å²) < 4.78 is 0.0781. The van der Waals surface area contributed by atoms with Crippen LogP contribution >= 0.6 is 29.5 Å². The van der Waals surface area contributed by atoms with Gasteiger partial charge in [0, 0.05) is 0 Å². The maximum atomic E-state index is 6.20. The van der Waals surface area contributed by atoms with Gasteiger partial charge in [-0.1, -0.05) is 0 Å². The second-order valence-corrected chi connectivity index (χ2v) is 14.6. The molecule has 0 N–H and O–H groups in total. The second-order valence-electron chi connectivity index (χ2n) is 3.59. The average molecular weight is 301 g/mol. The van der Waals surface area contributed by atoms with Crippen molar-refractivity contribution in [2.45, 2.75) is 18.0 Å². The summed E-state index contributed by atoms with van der Waals surface area (Å²) >= 11 is -3.06. The number of hydrogen-bond acceptors (Lipinski definition) is 0. The predicted molar refractivity (Wildman–Crippen MR) is 65.0 cm³/mol. The summed E-state index contributed by atoms with van der Waals surface area (Å²) in [5, 5.41) is 0. The van der Waals surface area contributed by atoms with Crippen LogP contribution in [0.2, 0.25) is 0 Å². The van der Waals surface area contributed by atoms with Gasteiger partial charge in [-0.2, -0.15) is 0 Å². The summed E-state index contributed by atoms with van der Waals surface area (Å²) in [6.45, 7) is 2.11. The van der Waals surface area contributed by atoms with E-state index in [0.29, 0.717) is 0 Å². The van der Waals surface area contributed by atoms with E-state index in [2.05, 4.69) is 25.1 Å². The van der Waals surface area contributed by atoms with Crippen molar-refractivity contribution in [3.8, 4) is 0 Å². The summed E-state index contributed by atoms with van der Waals surface area (Å²) in [5.74, 6) is 0. The summed E-state index contributed by atoms with van der Waals surface area (Å²) in [4.78, 5) is 0. The van der Waals surface area contributed by atoms with Crippen LogP contribution in [0.1, 0.15) is 29.1 Å². The van der Waals surface area contributed by atoms with Crippen molar-refractivity contribution in [1.29, 1.82) is 0 Å². The molecule has 81 valence electrons. The van der Waals surface area contributed by atoms with Gasteiger partial charge < -0.3 is 0 Å². The molecule has 0 bridgehead atoms. The molecule has 0 radical (unpaired) electrons. The zero-order valence-corrected chi connectivity index (χ0v) is 11.9. The SMILES string of the molecule is CCC1=Cc2ccccc2[CH]1[V]([Cl])([Cl])[Cl]. The Morgan fingerprint density at radius 1 is 1.20 bits per heavy atom. The molecule has 0 nitrogen and oxygen atoms in total. The third-order valence-electron chi connectivity index (χ3n) is 2.68. The van der Waals surface area contributed by atoms with E-state index in [-0.39, 0.29) is 4.63 Å². The monoisotopic (exact) mass is 299 g/mol. The molecule has 0 heterocycles. The standard InChI is InChI=1S/C11H11.3ClH.V/c1-2-9-7-10-5-3-4-6-11(10)8-9;;;;/h3-8H,2H2,1H3;3*1H;/q;;;;+3/p-3. The number of benzene rings is 1. The van der Waals surface area contributed by atoms with Gasteiger partial charge in [0.25, 0.3) is 0 Å². The van der Waals surface area contributed by atoms with Gasteiger partial charge in [-0.05, 0) is 0 Å². The second kappa shape index (κ2) is 4.35. The molecular formula is C11H11Cl3V. The van der Waals surface area contributed by atoms with Gasteiger partial charge in [-0.15, -0.1) is 0 Å². The van der Waals surface area contributed by atoms with Gasteiger partial charge in [-0.25, -0.2) is 0 Å². The molecule has 1 unspecified atom stereocenters. The van der Waals surface area contributed by atoms with Gasteiger partial charge in [0.2, 0.25) is 0 Å². The summed E-state index contributed by atoms with van der Waals surface area (Å²) in [5.41, 5.74) is 3.68. The van der Waals surface area contributed by atoms with Gasteiger partial charge >= 0.3 is 106 Å². The van der Waals surface area contributed by atoms with Crippen molar-refractivity contribution in [2.24, 2.45) is 0 Å². The van der Waals surface area contributed by atoms with E-state index in [1.807, 2.05) is 12.1 Å². The zero-order valence-electron chi connectivity index (χ0n) is 8.25. The number of rotatable bonds is 2.